The Bertz CT molecular complexity index is 782. The average molecular weight is 369 g/mol. The van der Waals surface area contributed by atoms with Crippen LogP contribution in [-0.2, 0) is 0 Å². The van der Waals surface area contributed by atoms with Crippen LogP contribution in [0.3, 0.4) is 0 Å². The minimum atomic E-state index is -0.130. The minimum absolute atomic E-state index is 0.130. The number of rotatable bonds is 2. The Morgan fingerprint density at radius 3 is 2.83 bits per heavy atom. The molecule has 7 heteroatoms. The van der Waals surface area contributed by atoms with Crippen LogP contribution in [0.15, 0.2) is 27.8 Å². The third kappa shape index (κ3) is 3.27. The number of benzene rings is 1. The molecule has 4 nitrogen and oxygen atoms in total. The monoisotopic (exact) mass is 368 g/mol. The number of hydrogen-bond donors (Lipinski definition) is 0. The van der Waals surface area contributed by atoms with Crippen LogP contribution in [0.4, 0.5) is 0 Å². The number of aromatic nitrogens is 1. The van der Waals surface area contributed by atoms with Gasteiger partial charge in [0, 0.05) is 22.9 Å². The van der Waals surface area contributed by atoms with Crippen molar-refractivity contribution in [3.63, 3.8) is 0 Å². The fourth-order valence-electron chi connectivity index (χ4n) is 2.38. The highest BCUT2D eigenvalue weighted by molar-refractivity contribution is 8.03. The molecular formula is C16H14Cl2N2O2S. The van der Waals surface area contributed by atoms with Gasteiger partial charge in [0.15, 0.2) is 0 Å². The lowest BCUT2D eigenvalue weighted by atomic mass is 10.2. The Hall–Kier alpha value is -1.43. The maximum absolute atomic E-state index is 12.8. The molecule has 2 aromatic rings. The molecule has 1 aliphatic heterocycles. The lowest BCUT2D eigenvalue weighted by molar-refractivity contribution is 0.0831. The summed E-state index contributed by atoms with van der Waals surface area (Å²) in [6.07, 6.45) is 1.94. The fraction of sp³-hybridized carbons (Fsp3) is 0.250. The number of hydrogen-bond acceptors (Lipinski definition) is 4. The normalized spacial score (nSPS) is 16.3. The van der Waals surface area contributed by atoms with E-state index >= 15 is 0 Å². The van der Waals surface area contributed by atoms with Crippen molar-refractivity contribution >= 4 is 46.9 Å². The Morgan fingerprint density at radius 1 is 1.39 bits per heavy atom. The molecule has 0 atom stereocenters. The molecule has 120 valence electrons. The lowest BCUT2D eigenvalue weighted by Gasteiger charge is -2.18. The van der Waals surface area contributed by atoms with Gasteiger partial charge in [-0.1, -0.05) is 28.4 Å². The maximum atomic E-state index is 12.8. The molecule has 1 aliphatic rings. The van der Waals surface area contributed by atoms with E-state index in [1.54, 1.807) is 34.9 Å². The van der Waals surface area contributed by atoms with Crippen LogP contribution < -0.4 is 0 Å². The van der Waals surface area contributed by atoms with Crippen molar-refractivity contribution in [3.05, 3.63) is 55.9 Å². The van der Waals surface area contributed by atoms with Crippen molar-refractivity contribution in [2.45, 2.75) is 13.8 Å². The zero-order valence-electron chi connectivity index (χ0n) is 12.6. The number of carbonyl (C=O) groups excluding carboxylic acids is 1. The SMILES string of the molecule is Cc1noc(C)c1/C=C1/SCCN1C(=O)c1ccc(Cl)cc1Cl. The molecule has 1 amide bonds. The predicted octanol–water partition coefficient (Wildman–Crippen LogP) is 4.79. The van der Waals surface area contributed by atoms with Crippen molar-refractivity contribution in [2.75, 3.05) is 12.3 Å². The third-order valence-corrected chi connectivity index (χ3v) is 5.16. The number of halogens is 2. The molecule has 0 bridgehead atoms. The molecule has 3 rings (SSSR count). The predicted molar refractivity (Wildman–Crippen MR) is 93.9 cm³/mol. The first-order valence-corrected chi connectivity index (χ1v) is 8.76. The number of carbonyl (C=O) groups is 1. The summed E-state index contributed by atoms with van der Waals surface area (Å²) < 4.78 is 5.18. The van der Waals surface area contributed by atoms with Gasteiger partial charge >= 0.3 is 0 Å². The van der Waals surface area contributed by atoms with Crippen molar-refractivity contribution in [2.24, 2.45) is 0 Å². The summed E-state index contributed by atoms with van der Waals surface area (Å²) in [4.78, 5) is 14.5. The Balaban J connectivity index is 1.94. The first-order chi connectivity index (χ1) is 11.0. The van der Waals surface area contributed by atoms with Gasteiger partial charge in [0.05, 0.1) is 21.3 Å². The molecule has 0 radical (unpaired) electrons. The quantitative estimate of drug-likeness (QED) is 0.764. The topological polar surface area (TPSA) is 46.3 Å². The van der Waals surface area contributed by atoms with Crippen molar-refractivity contribution in [3.8, 4) is 0 Å². The molecule has 1 fully saturated rings. The second kappa shape index (κ2) is 6.59. The van der Waals surface area contributed by atoms with E-state index in [4.69, 9.17) is 27.7 Å². The highest BCUT2D eigenvalue weighted by Gasteiger charge is 2.27. The number of thioether (sulfide) groups is 1. The molecular weight excluding hydrogens is 355 g/mol. The second-order valence-electron chi connectivity index (χ2n) is 5.15. The minimum Gasteiger partial charge on any atom is -0.361 e. The zero-order chi connectivity index (χ0) is 16.6. The Morgan fingerprint density at radius 2 is 2.17 bits per heavy atom. The Kier molecular flexibility index (Phi) is 4.71. The second-order valence-corrected chi connectivity index (χ2v) is 7.11. The fourth-order valence-corrected chi connectivity index (χ4v) is 3.88. The molecule has 1 aromatic heterocycles. The smallest absolute Gasteiger partial charge is 0.260 e. The van der Waals surface area contributed by atoms with Gasteiger partial charge in [-0.05, 0) is 38.1 Å². The summed E-state index contributed by atoms with van der Waals surface area (Å²) in [6, 6.07) is 4.91. The Labute approximate surface area is 148 Å². The molecule has 23 heavy (non-hydrogen) atoms. The number of aryl methyl sites for hydroxylation is 2. The molecule has 1 aromatic carbocycles. The zero-order valence-corrected chi connectivity index (χ0v) is 14.9. The van der Waals surface area contributed by atoms with Gasteiger partial charge in [-0.3, -0.25) is 4.79 Å². The van der Waals surface area contributed by atoms with Gasteiger partial charge < -0.3 is 9.42 Å². The van der Waals surface area contributed by atoms with E-state index in [9.17, 15) is 4.79 Å². The molecule has 2 heterocycles. The van der Waals surface area contributed by atoms with Crippen LogP contribution in [0, 0.1) is 13.8 Å². The van der Waals surface area contributed by atoms with Gasteiger partial charge in [0.2, 0.25) is 0 Å². The highest BCUT2D eigenvalue weighted by Crippen LogP contribution is 2.34. The summed E-state index contributed by atoms with van der Waals surface area (Å²) in [5.41, 5.74) is 2.16. The molecule has 0 aliphatic carbocycles. The summed E-state index contributed by atoms with van der Waals surface area (Å²) in [5, 5.41) is 5.68. The molecule has 1 saturated heterocycles. The molecule has 0 unspecified atom stereocenters. The number of nitrogens with zero attached hydrogens (tertiary/aromatic N) is 2. The lowest BCUT2D eigenvalue weighted by Crippen LogP contribution is -2.27. The largest absolute Gasteiger partial charge is 0.361 e. The summed E-state index contributed by atoms with van der Waals surface area (Å²) in [5.74, 6) is 1.45. The van der Waals surface area contributed by atoms with Gasteiger partial charge in [-0.2, -0.15) is 0 Å². The van der Waals surface area contributed by atoms with E-state index in [1.165, 1.54) is 0 Å². The van der Waals surface area contributed by atoms with E-state index in [2.05, 4.69) is 5.16 Å². The van der Waals surface area contributed by atoms with Gasteiger partial charge in [0.25, 0.3) is 5.91 Å². The standard InChI is InChI=1S/C16H14Cl2N2O2S/c1-9-13(10(2)22-19-9)8-15-20(5-6-23-15)16(21)12-4-3-11(17)7-14(12)18/h3-4,7-8H,5-6H2,1-2H3/b15-8+. The van der Waals surface area contributed by atoms with Crippen LogP contribution in [0.5, 0.6) is 0 Å². The van der Waals surface area contributed by atoms with Crippen LogP contribution in [-0.4, -0.2) is 28.3 Å². The summed E-state index contributed by atoms with van der Waals surface area (Å²) >= 11 is 13.7. The summed E-state index contributed by atoms with van der Waals surface area (Å²) in [6.45, 7) is 4.37. The van der Waals surface area contributed by atoms with E-state index in [1.807, 2.05) is 19.9 Å². The molecule has 0 spiro atoms. The highest BCUT2D eigenvalue weighted by atomic mass is 35.5. The summed E-state index contributed by atoms with van der Waals surface area (Å²) in [7, 11) is 0. The first kappa shape index (κ1) is 16.4. The van der Waals surface area contributed by atoms with E-state index in [-0.39, 0.29) is 5.91 Å². The molecule has 0 saturated carbocycles. The van der Waals surface area contributed by atoms with E-state index in [0.29, 0.717) is 22.2 Å². The van der Waals surface area contributed by atoms with Crippen molar-refractivity contribution in [1.82, 2.24) is 10.1 Å². The van der Waals surface area contributed by atoms with Crippen molar-refractivity contribution < 1.29 is 9.32 Å². The maximum Gasteiger partial charge on any atom is 0.260 e. The first-order valence-electron chi connectivity index (χ1n) is 7.01. The average Bonchev–Trinajstić information content (AvgIpc) is 3.09. The van der Waals surface area contributed by atoms with Crippen LogP contribution in [0.1, 0.15) is 27.4 Å². The van der Waals surface area contributed by atoms with E-state index in [0.717, 1.165) is 27.8 Å². The van der Waals surface area contributed by atoms with Gasteiger partial charge in [0.1, 0.15) is 5.76 Å². The molecule has 0 N–H and O–H groups in total. The van der Waals surface area contributed by atoms with Crippen molar-refractivity contribution in [1.29, 1.82) is 0 Å². The number of amides is 1. The van der Waals surface area contributed by atoms with Gasteiger partial charge in [-0.25, -0.2) is 0 Å². The van der Waals surface area contributed by atoms with Crippen LogP contribution >= 0.6 is 35.0 Å². The van der Waals surface area contributed by atoms with Crippen LogP contribution in [0.25, 0.3) is 6.08 Å². The van der Waals surface area contributed by atoms with Gasteiger partial charge in [-0.15, -0.1) is 11.8 Å². The van der Waals surface area contributed by atoms with Crippen LogP contribution in [0.2, 0.25) is 10.0 Å². The van der Waals surface area contributed by atoms with E-state index < -0.39 is 0 Å². The third-order valence-electron chi connectivity index (χ3n) is 3.59.